The number of thioether (sulfide) groups is 1. The first kappa shape index (κ1) is 22.5. The quantitative estimate of drug-likeness (QED) is 0.292. The van der Waals surface area contributed by atoms with Crippen LogP contribution < -0.4 is 10.1 Å². The smallest absolute Gasteiger partial charge is 0.418 e. The van der Waals surface area contributed by atoms with Crippen LogP contribution in [0.1, 0.15) is 27.2 Å². The Morgan fingerprint density at radius 2 is 1.90 bits per heavy atom. The maximum absolute atomic E-state index is 13.4. The Hall–Kier alpha value is -3.14. The Morgan fingerprint density at radius 1 is 1.16 bits per heavy atom. The molecule has 31 heavy (non-hydrogen) atoms. The van der Waals surface area contributed by atoms with Gasteiger partial charge in [-0.15, -0.1) is 11.8 Å². The van der Waals surface area contributed by atoms with Crippen molar-refractivity contribution >= 4 is 23.4 Å². The molecule has 1 amide bonds. The number of aryl methyl sites for hydroxylation is 1. The van der Waals surface area contributed by atoms with E-state index < -0.39 is 23.6 Å². The molecule has 10 heteroatoms. The van der Waals surface area contributed by atoms with Gasteiger partial charge in [-0.2, -0.15) is 17.6 Å². The molecule has 0 aliphatic carbocycles. The zero-order valence-corrected chi connectivity index (χ0v) is 17.5. The number of nitrogens with zero attached hydrogens (tertiary/aromatic N) is 2. The molecule has 3 rings (SSSR count). The summed E-state index contributed by atoms with van der Waals surface area (Å²) in [5.74, 6) is -1.85. The second kappa shape index (κ2) is 8.93. The summed E-state index contributed by atoms with van der Waals surface area (Å²) in [6.07, 6.45) is -2.26. The van der Waals surface area contributed by atoms with Gasteiger partial charge in [-0.05, 0) is 56.0 Å². The van der Waals surface area contributed by atoms with E-state index in [4.69, 9.17) is 4.74 Å². The van der Waals surface area contributed by atoms with E-state index in [2.05, 4.69) is 15.3 Å². The third-order valence-electron chi connectivity index (χ3n) is 4.37. The molecule has 5 nitrogen and oxygen atoms in total. The molecular weight excluding hydrogens is 434 g/mol. The average Bonchev–Trinajstić information content (AvgIpc) is 2.69. The van der Waals surface area contributed by atoms with Crippen LogP contribution in [0.25, 0.3) is 0 Å². The number of nitrogens with one attached hydrogen (secondary N) is 1. The minimum absolute atomic E-state index is 0.0616. The van der Waals surface area contributed by atoms with E-state index in [1.54, 1.807) is 18.2 Å². The fourth-order valence-corrected chi connectivity index (χ4v) is 3.29. The van der Waals surface area contributed by atoms with E-state index >= 15 is 0 Å². The van der Waals surface area contributed by atoms with Gasteiger partial charge in [0.05, 0.1) is 11.3 Å². The minimum Gasteiger partial charge on any atom is -0.436 e. The molecule has 0 bridgehead atoms. The van der Waals surface area contributed by atoms with Crippen molar-refractivity contribution in [1.82, 2.24) is 9.97 Å². The van der Waals surface area contributed by atoms with E-state index in [1.807, 2.05) is 12.3 Å². The van der Waals surface area contributed by atoms with Crippen molar-refractivity contribution in [2.45, 2.75) is 24.9 Å². The zero-order chi connectivity index (χ0) is 22.8. The molecule has 2 heterocycles. The second-order valence-corrected chi connectivity index (χ2v) is 7.36. The summed E-state index contributed by atoms with van der Waals surface area (Å²) in [4.78, 5) is 21.2. The molecule has 0 fully saturated rings. The van der Waals surface area contributed by atoms with Crippen LogP contribution in [0.2, 0.25) is 0 Å². The van der Waals surface area contributed by atoms with E-state index in [0.29, 0.717) is 11.9 Å². The van der Waals surface area contributed by atoms with Crippen LogP contribution in [0.15, 0.2) is 47.5 Å². The summed E-state index contributed by atoms with van der Waals surface area (Å²) >= 11 is 1.45. The van der Waals surface area contributed by atoms with Gasteiger partial charge in [-0.25, -0.2) is 9.97 Å². The molecule has 2 aromatic heterocycles. The maximum atomic E-state index is 13.4. The first-order valence-corrected chi connectivity index (χ1v) is 10.2. The highest BCUT2D eigenvalue weighted by molar-refractivity contribution is 7.98. The molecule has 0 unspecified atom stereocenters. The van der Waals surface area contributed by atoms with Crippen molar-refractivity contribution in [3.05, 3.63) is 70.9 Å². The van der Waals surface area contributed by atoms with Gasteiger partial charge < -0.3 is 10.1 Å². The number of pyridine rings is 2. The number of alkyl halides is 3. The van der Waals surface area contributed by atoms with Crippen molar-refractivity contribution in [3.63, 3.8) is 0 Å². The van der Waals surface area contributed by atoms with E-state index in [0.717, 1.165) is 11.0 Å². The SMILES string of the molecule is CSc1cccc(NC(=O)c2c(Oc3ccc(F)nc3C)ncc(C(F)(F)F)c2C)c1. The number of rotatable bonds is 5. The molecule has 1 N–H and O–H groups in total. The molecule has 1 aromatic carbocycles. The average molecular weight is 451 g/mol. The normalized spacial score (nSPS) is 11.3. The number of amides is 1. The van der Waals surface area contributed by atoms with E-state index in [9.17, 15) is 22.4 Å². The van der Waals surface area contributed by atoms with Gasteiger partial charge in [0, 0.05) is 16.8 Å². The number of halogens is 4. The minimum atomic E-state index is -4.71. The first-order chi connectivity index (χ1) is 14.6. The number of hydrogen-bond donors (Lipinski definition) is 1. The summed E-state index contributed by atoms with van der Waals surface area (Å²) in [5.41, 5.74) is -1.23. The van der Waals surface area contributed by atoms with E-state index in [-0.39, 0.29) is 28.5 Å². The predicted molar refractivity (Wildman–Crippen MR) is 109 cm³/mol. The lowest BCUT2D eigenvalue weighted by atomic mass is 10.0. The van der Waals surface area contributed by atoms with Crippen molar-refractivity contribution in [1.29, 1.82) is 0 Å². The number of hydrogen-bond acceptors (Lipinski definition) is 5. The lowest BCUT2D eigenvalue weighted by Gasteiger charge is -2.17. The number of benzene rings is 1. The number of aromatic nitrogens is 2. The monoisotopic (exact) mass is 451 g/mol. The molecule has 0 saturated heterocycles. The topological polar surface area (TPSA) is 64.1 Å². The Balaban J connectivity index is 2.06. The van der Waals surface area contributed by atoms with Crippen LogP contribution in [0.4, 0.5) is 23.2 Å². The standard InChI is InChI=1S/C21H17F4N3O2S/c1-11-15(21(23,24)25)10-26-20(30-16-7-8-17(22)27-12(16)2)18(11)19(29)28-13-5-4-6-14(9-13)31-3/h4-10H,1-3H3,(H,28,29). The molecule has 0 aliphatic rings. The Kier molecular flexibility index (Phi) is 6.49. The Bertz CT molecular complexity index is 1140. The maximum Gasteiger partial charge on any atom is 0.418 e. The molecule has 0 atom stereocenters. The zero-order valence-electron chi connectivity index (χ0n) is 16.7. The van der Waals surface area contributed by atoms with Crippen LogP contribution in [-0.4, -0.2) is 22.1 Å². The molecule has 0 saturated carbocycles. The summed E-state index contributed by atoms with van der Waals surface area (Å²) in [7, 11) is 0. The third kappa shape index (κ3) is 5.13. The first-order valence-electron chi connectivity index (χ1n) is 8.93. The summed E-state index contributed by atoms with van der Waals surface area (Å²) in [6, 6.07) is 9.14. The highest BCUT2D eigenvalue weighted by atomic mass is 32.2. The third-order valence-corrected chi connectivity index (χ3v) is 5.10. The second-order valence-electron chi connectivity index (χ2n) is 6.48. The molecule has 3 aromatic rings. The summed E-state index contributed by atoms with van der Waals surface area (Å²) in [6.45, 7) is 2.63. The fraction of sp³-hybridized carbons (Fsp3) is 0.190. The lowest BCUT2D eigenvalue weighted by Crippen LogP contribution is -2.19. The van der Waals surface area contributed by atoms with Crippen LogP contribution in [0, 0.1) is 19.8 Å². The van der Waals surface area contributed by atoms with Crippen molar-refractivity contribution in [3.8, 4) is 11.6 Å². The summed E-state index contributed by atoms with van der Waals surface area (Å²) < 4.78 is 59.1. The number of carbonyl (C=O) groups excluding carboxylic acids is 1. The lowest BCUT2D eigenvalue weighted by molar-refractivity contribution is -0.138. The summed E-state index contributed by atoms with van der Waals surface area (Å²) in [5, 5.41) is 2.59. The van der Waals surface area contributed by atoms with Crippen molar-refractivity contribution in [2.24, 2.45) is 0 Å². The molecule has 162 valence electrons. The van der Waals surface area contributed by atoms with Gasteiger partial charge in [0.15, 0.2) is 5.75 Å². The fourth-order valence-electron chi connectivity index (χ4n) is 2.83. The van der Waals surface area contributed by atoms with E-state index in [1.165, 1.54) is 31.7 Å². The number of anilines is 1. The molecular formula is C21H17F4N3O2S. The van der Waals surface area contributed by atoms with Gasteiger partial charge >= 0.3 is 6.18 Å². The van der Waals surface area contributed by atoms with Gasteiger partial charge in [0.2, 0.25) is 11.8 Å². The van der Waals surface area contributed by atoms with Gasteiger partial charge in [0.25, 0.3) is 5.91 Å². The van der Waals surface area contributed by atoms with Crippen LogP contribution in [0.3, 0.4) is 0 Å². The molecule has 0 radical (unpaired) electrons. The van der Waals surface area contributed by atoms with Crippen molar-refractivity contribution < 1.29 is 27.1 Å². The predicted octanol–water partition coefficient (Wildman–Crippen LogP) is 6.02. The molecule has 0 spiro atoms. The van der Waals surface area contributed by atoms with Gasteiger partial charge in [-0.3, -0.25) is 4.79 Å². The number of carbonyl (C=O) groups is 1. The highest BCUT2D eigenvalue weighted by Crippen LogP contribution is 2.37. The van der Waals surface area contributed by atoms with Gasteiger partial charge in [0.1, 0.15) is 5.56 Å². The van der Waals surface area contributed by atoms with Crippen LogP contribution in [-0.2, 0) is 6.18 Å². The largest absolute Gasteiger partial charge is 0.436 e. The van der Waals surface area contributed by atoms with Crippen LogP contribution in [0.5, 0.6) is 11.6 Å². The number of ether oxygens (including phenoxy) is 1. The highest BCUT2D eigenvalue weighted by Gasteiger charge is 2.36. The van der Waals surface area contributed by atoms with Gasteiger partial charge in [-0.1, -0.05) is 6.07 Å². The Labute approximate surface area is 179 Å². The Morgan fingerprint density at radius 3 is 2.55 bits per heavy atom. The molecule has 0 aliphatic heterocycles. The van der Waals surface area contributed by atoms with Crippen LogP contribution >= 0.6 is 11.8 Å². The van der Waals surface area contributed by atoms with Crippen molar-refractivity contribution in [2.75, 3.05) is 11.6 Å².